The summed E-state index contributed by atoms with van der Waals surface area (Å²) in [7, 11) is 0. The number of aryl methyl sites for hydroxylation is 1. The molecule has 0 heterocycles. The Balaban J connectivity index is 2.89. The first-order chi connectivity index (χ1) is 9.37. The van der Waals surface area contributed by atoms with Crippen LogP contribution in [-0.4, -0.2) is 5.11 Å². The fraction of sp³-hybridized carbons (Fsp3) is 0.579. The lowest BCUT2D eigenvalue weighted by Gasteiger charge is -2.41. The first-order valence-corrected chi connectivity index (χ1v) is 7.80. The number of aliphatic hydroxyl groups is 1. The van der Waals surface area contributed by atoms with Gasteiger partial charge in [-0.3, -0.25) is 0 Å². The summed E-state index contributed by atoms with van der Waals surface area (Å²) in [5, 5.41) is 11.1. The number of unbranched alkanes of at least 4 members (excludes halogenated alkanes) is 3. The second kappa shape index (κ2) is 7.08. The Morgan fingerprint density at radius 1 is 1.10 bits per heavy atom. The SMILES string of the molecule is C=C[C@@](C)(CCCCCC)[C@](C)(O)c1ccc(C)cc1. The van der Waals surface area contributed by atoms with Gasteiger partial charge in [-0.05, 0) is 25.8 Å². The third-order valence-electron chi connectivity index (χ3n) is 4.73. The van der Waals surface area contributed by atoms with E-state index in [1.165, 1.54) is 24.8 Å². The van der Waals surface area contributed by atoms with E-state index in [4.69, 9.17) is 0 Å². The maximum Gasteiger partial charge on any atom is 0.0955 e. The average Bonchev–Trinajstić information content (AvgIpc) is 2.43. The zero-order valence-electron chi connectivity index (χ0n) is 13.6. The van der Waals surface area contributed by atoms with Crippen LogP contribution in [0.3, 0.4) is 0 Å². The van der Waals surface area contributed by atoms with Crippen LogP contribution in [0.25, 0.3) is 0 Å². The second-order valence-corrected chi connectivity index (χ2v) is 6.37. The highest BCUT2D eigenvalue weighted by molar-refractivity contribution is 5.29. The molecule has 0 radical (unpaired) electrons. The lowest BCUT2D eigenvalue weighted by molar-refractivity contribution is -0.0456. The van der Waals surface area contributed by atoms with Crippen molar-refractivity contribution in [1.82, 2.24) is 0 Å². The Bertz CT molecular complexity index is 416. The fourth-order valence-corrected chi connectivity index (χ4v) is 2.67. The van der Waals surface area contributed by atoms with Gasteiger partial charge < -0.3 is 5.11 Å². The van der Waals surface area contributed by atoms with E-state index >= 15 is 0 Å². The molecule has 2 atom stereocenters. The summed E-state index contributed by atoms with van der Waals surface area (Å²) in [6.45, 7) is 12.3. The fourth-order valence-electron chi connectivity index (χ4n) is 2.67. The molecule has 0 fully saturated rings. The van der Waals surface area contributed by atoms with Crippen molar-refractivity contribution in [1.29, 1.82) is 0 Å². The average molecular weight is 274 g/mol. The maximum absolute atomic E-state index is 11.1. The Morgan fingerprint density at radius 2 is 1.70 bits per heavy atom. The van der Waals surface area contributed by atoms with E-state index in [0.29, 0.717) is 0 Å². The molecule has 1 nitrogen and oxygen atoms in total. The van der Waals surface area contributed by atoms with E-state index in [2.05, 4.69) is 39.5 Å². The summed E-state index contributed by atoms with van der Waals surface area (Å²) in [5.41, 5.74) is 1.01. The zero-order chi connectivity index (χ0) is 15.2. The van der Waals surface area contributed by atoms with Gasteiger partial charge in [-0.25, -0.2) is 0 Å². The van der Waals surface area contributed by atoms with E-state index < -0.39 is 5.60 Å². The zero-order valence-corrected chi connectivity index (χ0v) is 13.6. The quantitative estimate of drug-likeness (QED) is 0.499. The van der Waals surface area contributed by atoms with Crippen LogP contribution in [0, 0.1) is 12.3 Å². The van der Waals surface area contributed by atoms with E-state index in [0.717, 1.165) is 18.4 Å². The summed E-state index contributed by atoms with van der Waals surface area (Å²) in [6, 6.07) is 8.18. The summed E-state index contributed by atoms with van der Waals surface area (Å²) in [4.78, 5) is 0. The van der Waals surface area contributed by atoms with Gasteiger partial charge in [0.05, 0.1) is 5.60 Å². The standard InChI is InChI=1S/C19H30O/c1-6-8-9-10-15-18(4,7-2)19(5,20)17-13-11-16(3)12-14-17/h7,11-14,20H,2,6,8-10,15H2,1,3-5H3/t18-,19+/m0/s1. The van der Waals surface area contributed by atoms with Gasteiger partial charge in [0.1, 0.15) is 0 Å². The minimum atomic E-state index is -0.880. The number of hydrogen-bond donors (Lipinski definition) is 1. The molecular formula is C19H30O. The molecule has 0 bridgehead atoms. The molecule has 0 aromatic heterocycles. The van der Waals surface area contributed by atoms with E-state index in [1.807, 2.05) is 25.1 Å². The molecule has 0 aliphatic heterocycles. The van der Waals surface area contributed by atoms with Crippen molar-refractivity contribution in [3.63, 3.8) is 0 Å². The molecule has 1 N–H and O–H groups in total. The van der Waals surface area contributed by atoms with Gasteiger partial charge in [0.2, 0.25) is 0 Å². The van der Waals surface area contributed by atoms with Crippen molar-refractivity contribution in [2.24, 2.45) is 5.41 Å². The molecule has 0 spiro atoms. The van der Waals surface area contributed by atoms with Crippen LogP contribution < -0.4 is 0 Å². The molecule has 0 amide bonds. The van der Waals surface area contributed by atoms with Crippen LogP contribution >= 0.6 is 0 Å². The number of hydrogen-bond acceptors (Lipinski definition) is 1. The maximum atomic E-state index is 11.1. The van der Waals surface area contributed by atoms with E-state index in [9.17, 15) is 5.11 Å². The largest absolute Gasteiger partial charge is 0.385 e. The lowest BCUT2D eigenvalue weighted by atomic mass is 9.68. The highest BCUT2D eigenvalue weighted by atomic mass is 16.3. The lowest BCUT2D eigenvalue weighted by Crippen LogP contribution is -2.40. The topological polar surface area (TPSA) is 20.2 Å². The van der Waals surface area contributed by atoms with Crippen LogP contribution in [0.4, 0.5) is 0 Å². The molecule has 0 aliphatic rings. The van der Waals surface area contributed by atoms with Crippen LogP contribution in [0.15, 0.2) is 36.9 Å². The molecule has 1 heteroatoms. The van der Waals surface area contributed by atoms with Crippen molar-refractivity contribution in [3.05, 3.63) is 48.0 Å². The third-order valence-corrected chi connectivity index (χ3v) is 4.73. The predicted octanol–water partition coefficient (Wildman–Crippen LogP) is 5.37. The van der Waals surface area contributed by atoms with Gasteiger partial charge in [0.15, 0.2) is 0 Å². The molecule has 1 aromatic rings. The molecule has 20 heavy (non-hydrogen) atoms. The van der Waals surface area contributed by atoms with Gasteiger partial charge in [0.25, 0.3) is 0 Å². The summed E-state index contributed by atoms with van der Waals surface area (Å²) < 4.78 is 0. The van der Waals surface area contributed by atoms with Crippen LogP contribution in [0.2, 0.25) is 0 Å². The first kappa shape index (κ1) is 17.0. The van der Waals surface area contributed by atoms with Crippen molar-refractivity contribution in [2.75, 3.05) is 0 Å². The Kier molecular flexibility index (Phi) is 6.01. The van der Waals surface area contributed by atoms with Gasteiger partial charge in [-0.1, -0.05) is 75.4 Å². The van der Waals surface area contributed by atoms with Crippen molar-refractivity contribution >= 4 is 0 Å². The molecule has 1 aromatic carbocycles. The second-order valence-electron chi connectivity index (χ2n) is 6.37. The third kappa shape index (κ3) is 3.73. The minimum Gasteiger partial charge on any atom is -0.385 e. The molecule has 112 valence electrons. The van der Waals surface area contributed by atoms with Gasteiger partial charge >= 0.3 is 0 Å². The van der Waals surface area contributed by atoms with E-state index in [-0.39, 0.29) is 5.41 Å². The summed E-state index contributed by atoms with van der Waals surface area (Å²) >= 11 is 0. The van der Waals surface area contributed by atoms with Crippen molar-refractivity contribution < 1.29 is 5.11 Å². The first-order valence-electron chi connectivity index (χ1n) is 7.80. The molecule has 0 saturated heterocycles. The predicted molar refractivity (Wildman–Crippen MR) is 87.8 cm³/mol. The summed E-state index contributed by atoms with van der Waals surface area (Å²) in [6.07, 6.45) is 7.76. The van der Waals surface area contributed by atoms with Crippen LogP contribution in [0.5, 0.6) is 0 Å². The van der Waals surface area contributed by atoms with Gasteiger partial charge in [0, 0.05) is 5.41 Å². The Hall–Kier alpha value is -1.08. The Morgan fingerprint density at radius 3 is 2.20 bits per heavy atom. The Labute approximate surface area is 124 Å². The van der Waals surface area contributed by atoms with E-state index in [1.54, 1.807) is 0 Å². The smallest absolute Gasteiger partial charge is 0.0955 e. The van der Waals surface area contributed by atoms with Crippen molar-refractivity contribution in [3.8, 4) is 0 Å². The highest BCUT2D eigenvalue weighted by Crippen LogP contribution is 2.44. The molecule has 0 saturated carbocycles. The molecule has 0 unspecified atom stereocenters. The van der Waals surface area contributed by atoms with Gasteiger partial charge in [-0.2, -0.15) is 0 Å². The monoisotopic (exact) mass is 274 g/mol. The van der Waals surface area contributed by atoms with Crippen molar-refractivity contribution in [2.45, 2.75) is 65.4 Å². The normalized spacial score (nSPS) is 17.2. The molecule has 0 aliphatic carbocycles. The summed E-state index contributed by atoms with van der Waals surface area (Å²) in [5.74, 6) is 0. The number of benzene rings is 1. The van der Waals surface area contributed by atoms with Gasteiger partial charge in [-0.15, -0.1) is 6.58 Å². The van der Waals surface area contributed by atoms with Crippen LogP contribution in [0.1, 0.15) is 64.0 Å². The minimum absolute atomic E-state index is 0.296. The molecule has 1 rings (SSSR count). The highest BCUT2D eigenvalue weighted by Gasteiger charge is 2.41. The van der Waals surface area contributed by atoms with Crippen LogP contribution in [-0.2, 0) is 5.60 Å². The molecular weight excluding hydrogens is 244 g/mol. The number of rotatable bonds is 8.